The number of hydrogen-bond acceptors (Lipinski definition) is 3. The van der Waals surface area contributed by atoms with E-state index in [-0.39, 0.29) is 12.0 Å². The standard InChI is InChI=1S/C8H15NO2/c1-6(5-7(2)10)8-9-3-4-11-8/h6,8-9H,3-5H2,1-2H3. The number of carbonyl (C=O) groups excluding carboxylic acids is 1. The van der Waals surface area contributed by atoms with Crippen molar-refractivity contribution in [3.05, 3.63) is 0 Å². The van der Waals surface area contributed by atoms with E-state index < -0.39 is 0 Å². The Labute approximate surface area is 67.1 Å². The molecule has 11 heavy (non-hydrogen) atoms. The molecule has 1 N–H and O–H groups in total. The molecule has 0 aromatic heterocycles. The predicted molar refractivity (Wildman–Crippen MR) is 42.2 cm³/mol. The molecule has 0 spiro atoms. The van der Waals surface area contributed by atoms with Crippen molar-refractivity contribution in [1.29, 1.82) is 0 Å². The highest BCUT2D eigenvalue weighted by Crippen LogP contribution is 2.12. The maximum Gasteiger partial charge on any atom is 0.130 e. The third-order valence-electron chi connectivity index (χ3n) is 1.87. The Kier molecular flexibility index (Phi) is 3.02. The Hall–Kier alpha value is -0.410. The summed E-state index contributed by atoms with van der Waals surface area (Å²) in [5, 5.41) is 3.19. The topological polar surface area (TPSA) is 38.3 Å². The summed E-state index contributed by atoms with van der Waals surface area (Å²) in [4.78, 5) is 10.7. The lowest BCUT2D eigenvalue weighted by Gasteiger charge is -2.16. The van der Waals surface area contributed by atoms with Crippen molar-refractivity contribution < 1.29 is 9.53 Å². The van der Waals surface area contributed by atoms with E-state index in [1.807, 2.05) is 6.92 Å². The van der Waals surface area contributed by atoms with Gasteiger partial charge in [-0.1, -0.05) is 6.92 Å². The van der Waals surface area contributed by atoms with Crippen molar-refractivity contribution in [3.8, 4) is 0 Å². The monoisotopic (exact) mass is 157 g/mol. The SMILES string of the molecule is CC(=O)CC(C)C1NCCO1. The zero-order valence-corrected chi connectivity index (χ0v) is 7.09. The van der Waals surface area contributed by atoms with E-state index in [1.54, 1.807) is 6.92 Å². The molecular weight excluding hydrogens is 142 g/mol. The zero-order chi connectivity index (χ0) is 8.27. The molecule has 0 saturated carbocycles. The summed E-state index contributed by atoms with van der Waals surface area (Å²) in [6.45, 7) is 5.33. The van der Waals surface area contributed by atoms with Gasteiger partial charge < -0.3 is 9.53 Å². The Bertz CT molecular complexity index is 141. The van der Waals surface area contributed by atoms with Crippen LogP contribution in [0.4, 0.5) is 0 Å². The molecule has 1 aliphatic heterocycles. The van der Waals surface area contributed by atoms with Gasteiger partial charge in [0.1, 0.15) is 12.0 Å². The van der Waals surface area contributed by atoms with Crippen LogP contribution in [0.1, 0.15) is 20.3 Å². The van der Waals surface area contributed by atoms with Gasteiger partial charge in [0.2, 0.25) is 0 Å². The minimum Gasteiger partial charge on any atom is -0.362 e. The number of carbonyl (C=O) groups is 1. The van der Waals surface area contributed by atoms with Crippen molar-refractivity contribution in [1.82, 2.24) is 5.32 Å². The van der Waals surface area contributed by atoms with Gasteiger partial charge in [-0.3, -0.25) is 5.32 Å². The van der Waals surface area contributed by atoms with Gasteiger partial charge in [0, 0.05) is 18.9 Å². The first-order valence-corrected chi connectivity index (χ1v) is 4.04. The molecule has 1 saturated heterocycles. The van der Waals surface area contributed by atoms with E-state index in [0.717, 1.165) is 13.2 Å². The van der Waals surface area contributed by atoms with Crippen molar-refractivity contribution in [2.24, 2.45) is 5.92 Å². The second-order valence-electron chi connectivity index (χ2n) is 3.13. The van der Waals surface area contributed by atoms with Crippen LogP contribution in [-0.2, 0) is 9.53 Å². The zero-order valence-electron chi connectivity index (χ0n) is 7.09. The summed E-state index contributed by atoms with van der Waals surface area (Å²) in [6.07, 6.45) is 0.705. The number of ketones is 1. The van der Waals surface area contributed by atoms with Gasteiger partial charge in [0.05, 0.1) is 6.61 Å². The summed E-state index contributed by atoms with van der Waals surface area (Å²) < 4.78 is 5.35. The smallest absolute Gasteiger partial charge is 0.130 e. The molecule has 3 nitrogen and oxygen atoms in total. The first-order chi connectivity index (χ1) is 5.20. The van der Waals surface area contributed by atoms with Crippen LogP contribution in [0, 0.1) is 5.92 Å². The summed E-state index contributed by atoms with van der Waals surface area (Å²) in [5.41, 5.74) is 0. The minimum absolute atomic E-state index is 0.0962. The van der Waals surface area contributed by atoms with Crippen LogP contribution >= 0.6 is 0 Å². The number of nitrogens with one attached hydrogen (secondary N) is 1. The molecule has 0 aromatic carbocycles. The Morgan fingerprint density at radius 3 is 3.00 bits per heavy atom. The van der Waals surface area contributed by atoms with Crippen LogP contribution in [0.3, 0.4) is 0 Å². The Morgan fingerprint density at radius 2 is 2.55 bits per heavy atom. The van der Waals surface area contributed by atoms with Gasteiger partial charge >= 0.3 is 0 Å². The first-order valence-electron chi connectivity index (χ1n) is 4.04. The lowest BCUT2D eigenvalue weighted by atomic mass is 10.0. The van der Waals surface area contributed by atoms with E-state index in [4.69, 9.17) is 4.74 Å². The molecular formula is C8H15NO2. The van der Waals surface area contributed by atoms with Crippen LogP contribution in [0.15, 0.2) is 0 Å². The van der Waals surface area contributed by atoms with Crippen molar-refractivity contribution in [3.63, 3.8) is 0 Å². The largest absolute Gasteiger partial charge is 0.362 e. The van der Waals surface area contributed by atoms with Crippen molar-refractivity contribution in [2.45, 2.75) is 26.5 Å². The minimum atomic E-state index is 0.0962. The van der Waals surface area contributed by atoms with Gasteiger partial charge in [-0.05, 0) is 6.92 Å². The van der Waals surface area contributed by atoms with E-state index >= 15 is 0 Å². The van der Waals surface area contributed by atoms with E-state index in [9.17, 15) is 4.79 Å². The van der Waals surface area contributed by atoms with Gasteiger partial charge in [0.15, 0.2) is 0 Å². The number of Topliss-reactive ketones (excluding diaryl/α,β-unsaturated/α-hetero) is 1. The highest BCUT2D eigenvalue weighted by molar-refractivity contribution is 5.75. The molecule has 1 fully saturated rings. The highest BCUT2D eigenvalue weighted by atomic mass is 16.5. The molecule has 2 atom stereocenters. The third-order valence-corrected chi connectivity index (χ3v) is 1.87. The fourth-order valence-electron chi connectivity index (χ4n) is 1.37. The summed E-state index contributed by atoms with van der Waals surface area (Å²) in [5.74, 6) is 0.532. The summed E-state index contributed by atoms with van der Waals surface area (Å²) in [7, 11) is 0. The van der Waals surface area contributed by atoms with Gasteiger partial charge in [-0.25, -0.2) is 0 Å². The Balaban J connectivity index is 2.28. The number of ether oxygens (including phenoxy) is 1. The lowest BCUT2D eigenvalue weighted by molar-refractivity contribution is -0.118. The lowest BCUT2D eigenvalue weighted by Crippen LogP contribution is -2.30. The number of rotatable bonds is 3. The molecule has 0 aliphatic carbocycles. The molecule has 0 radical (unpaired) electrons. The molecule has 64 valence electrons. The quantitative estimate of drug-likeness (QED) is 0.650. The van der Waals surface area contributed by atoms with Crippen molar-refractivity contribution in [2.75, 3.05) is 13.2 Å². The molecule has 0 amide bonds. The van der Waals surface area contributed by atoms with Gasteiger partial charge in [0.25, 0.3) is 0 Å². The second kappa shape index (κ2) is 3.83. The fraction of sp³-hybridized carbons (Fsp3) is 0.875. The van der Waals surface area contributed by atoms with Crippen molar-refractivity contribution >= 4 is 5.78 Å². The second-order valence-corrected chi connectivity index (χ2v) is 3.13. The first kappa shape index (κ1) is 8.68. The van der Waals surface area contributed by atoms with Crippen LogP contribution in [0.25, 0.3) is 0 Å². The number of hydrogen-bond donors (Lipinski definition) is 1. The average Bonchev–Trinajstić information content (AvgIpc) is 2.35. The fourth-order valence-corrected chi connectivity index (χ4v) is 1.37. The van der Waals surface area contributed by atoms with E-state index in [0.29, 0.717) is 12.3 Å². The Morgan fingerprint density at radius 1 is 1.82 bits per heavy atom. The molecule has 1 rings (SSSR count). The normalized spacial score (nSPS) is 26.9. The maximum absolute atomic E-state index is 10.7. The summed E-state index contributed by atoms with van der Waals surface area (Å²) >= 11 is 0. The highest BCUT2D eigenvalue weighted by Gasteiger charge is 2.22. The molecule has 0 bridgehead atoms. The molecule has 3 heteroatoms. The predicted octanol–water partition coefficient (Wildman–Crippen LogP) is 0.547. The van der Waals surface area contributed by atoms with Crippen LogP contribution in [-0.4, -0.2) is 25.2 Å². The third kappa shape index (κ3) is 2.60. The van der Waals surface area contributed by atoms with Crippen LogP contribution < -0.4 is 5.32 Å². The molecule has 1 heterocycles. The average molecular weight is 157 g/mol. The maximum atomic E-state index is 10.7. The van der Waals surface area contributed by atoms with Crippen LogP contribution in [0.5, 0.6) is 0 Å². The molecule has 1 aliphatic rings. The molecule has 0 aromatic rings. The van der Waals surface area contributed by atoms with Crippen LogP contribution in [0.2, 0.25) is 0 Å². The van der Waals surface area contributed by atoms with Gasteiger partial charge in [-0.15, -0.1) is 0 Å². The van der Waals surface area contributed by atoms with Gasteiger partial charge in [-0.2, -0.15) is 0 Å². The summed E-state index contributed by atoms with van der Waals surface area (Å²) in [6, 6.07) is 0. The van der Waals surface area contributed by atoms with E-state index in [1.165, 1.54) is 0 Å². The molecule has 2 unspecified atom stereocenters. The van der Waals surface area contributed by atoms with E-state index in [2.05, 4.69) is 5.32 Å².